The van der Waals surface area contributed by atoms with Crippen LogP contribution >= 0.6 is 0 Å². The molecule has 0 aliphatic carbocycles. The van der Waals surface area contributed by atoms with E-state index in [2.05, 4.69) is 106 Å². The lowest BCUT2D eigenvalue weighted by molar-refractivity contribution is -0.167. The first kappa shape index (κ1) is 58.6. The molecule has 0 aromatic heterocycles. The lowest BCUT2D eigenvalue weighted by Crippen LogP contribution is -2.30. The van der Waals surface area contributed by atoms with Gasteiger partial charge >= 0.3 is 17.9 Å². The van der Waals surface area contributed by atoms with Crippen molar-refractivity contribution < 1.29 is 28.6 Å². The Hall–Kier alpha value is -3.41. The van der Waals surface area contributed by atoms with Crippen LogP contribution in [0, 0.1) is 0 Å². The highest BCUT2D eigenvalue weighted by Gasteiger charge is 2.19. The smallest absolute Gasteiger partial charge is 0.306 e. The zero-order chi connectivity index (χ0) is 45.1. The van der Waals surface area contributed by atoms with Crippen molar-refractivity contribution in [1.82, 2.24) is 0 Å². The molecule has 0 saturated carbocycles. The summed E-state index contributed by atoms with van der Waals surface area (Å²) >= 11 is 0. The maximum Gasteiger partial charge on any atom is 0.306 e. The van der Waals surface area contributed by atoms with Gasteiger partial charge in [-0.05, 0) is 96.3 Å². The molecule has 0 spiro atoms. The Morgan fingerprint density at radius 3 is 1.15 bits per heavy atom. The van der Waals surface area contributed by atoms with Gasteiger partial charge in [-0.3, -0.25) is 14.4 Å². The molecular formula is C56H94O6. The van der Waals surface area contributed by atoms with Crippen molar-refractivity contribution in [3.63, 3.8) is 0 Å². The summed E-state index contributed by atoms with van der Waals surface area (Å²) in [4.78, 5) is 38.0. The predicted molar refractivity (Wildman–Crippen MR) is 265 cm³/mol. The Morgan fingerprint density at radius 1 is 0.355 bits per heavy atom. The molecule has 6 nitrogen and oxygen atoms in total. The standard InChI is InChI=1S/C56H94O6/c1-4-7-10-13-16-19-22-25-27-28-30-31-34-37-40-43-46-49-55(58)61-52-53(51-60-54(57)48-45-42-39-36-33-24-21-18-15-12-9-6-3)62-56(59)50-47-44-41-38-35-32-29-26-23-20-17-14-11-8-5-2/h8-9,11-12,14,16-21,23,25,27,53H,4-7,10,13,15,22,24,26,28-52H2,1-3H3/b11-8-,12-9-,17-14-,19-16-,21-18-,23-20-,27-25-. The number of esters is 3. The van der Waals surface area contributed by atoms with Gasteiger partial charge < -0.3 is 14.2 Å². The summed E-state index contributed by atoms with van der Waals surface area (Å²) in [6, 6.07) is 0. The van der Waals surface area contributed by atoms with Crippen molar-refractivity contribution in [2.75, 3.05) is 13.2 Å². The first-order chi connectivity index (χ1) is 30.5. The molecule has 0 aliphatic heterocycles. The van der Waals surface area contributed by atoms with E-state index in [1.54, 1.807) is 0 Å². The molecule has 6 heteroatoms. The summed E-state index contributed by atoms with van der Waals surface area (Å²) in [5.74, 6) is -0.927. The number of unbranched alkanes of at least 4 members (excludes halogenated alkanes) is 22. The van der Waals surface area contributed by atoms with Gasteiger partial charge in [-0.1, -0.05) is 202 Å². The van der Waals surface area contributed by atoms with Crippen LogP contribution in [-0.4, -0.2) is 37.2 Å². The molecule has 0 aromatic rings. The highest BCUT2D eigenvalue weighted by atomic mass is 16.6. The van der Waals surface area contributed by atoms with E-state index in [4.69, 9.17) is 14.2 Å². The van der Waals surface area contributed by atoms with Gasteiger partial charge in [-0.2, -0.15) is 0 Å². The molecule has 0 N–H and O–H groups in total. The van der Waals surface area contributed by atoms with Crippen molar-refractivity contribution >= 4 is 17.9 Å². The van der Waals surface area contributed by atoms with Crippen LogP contribution in [0.2, 0.25) is 0 Å². The molecule has 354 valence electrons. The van der Waals surface area contributed by atoms with Gasteiger partial charge in [0.05, 0.1) is 0 Å². The molecule has 0 heterocycles. The summed E-state index contributed by atoms with van der Waals surface area (Å²) in [6.45, 7) is 6.34. The van der Waals surface area contributed by atoms with Crippen LogP contribution in [0.15, 0.2) is 85.1 Å². The number of hydrogen-bond acceptors (Lipinski definition) is 6. The highest BCUT2D eigenvalue weighted by molar-refractivity contribution is 5.71. The Labute approximate surface area is 382 Å². The lowest BCUT2D eigenvalue weighted by Gasteiger charge is -2.18. The number of ether oxygens (including phenoxy) is 3. The molecular weight excluding hydrogens is 769 g/mol. The minimum atomic E-state index is -0.792. The molecule has 0 bridgehead atoms. The van der Waals surface area contributed by atoms with E-state index in [0.29, 0.717) is 19.3 Å². The molecule has 0 fully saturated rings. The van der Waals surface area contributed by atoms with Crippen LogP contribution in [0.5, 0.6) is 0 Å². The van der Waals surface area contributed by atoms with E-state index in [1.807, 2.05) is 0 Å². The maximum absolute atomic E-state index is 12.8. The number of allylic oxidation sites excluding steroid dienone is 14. The Morgan fingerprint density at radius 2 is 0.710 bits per heavy atom. The minimum Gasteiger partial charge on any atom is -0.462 e. The fourth-order valence-corrected chi connectivity index (χ4v) is 6.86. The van der Waals surface area contributed by atoms with Crippen LogP contribution in [0.3, 0.4) is 0 Å². The fourth-order valence-electron chi connectivity index (χ4n) is 6.86. The number of hydrogen-bond donors (Lipinski definition) is 0. The summed E-state index contributed by atoms with van der Waals surface area (Å²) in [5, 5.41) is 0. The zero-order valence-corrected chi connectivity index (χ0v) is 40.4. The molecule has 0 radical (unpaired) electrons. The Bertz CT molecular complexity index is 1220. The average molecular weight is 863 g/mol. The van der Waals surface area contributed by atoms with Crippen LogP contribution in [0.25, 0.3) is 0 Å². The molecule has 62 heavy (non-hydrogen) atoms. The third-order valence-electron chi connectivity index (χ3n) is 10.7. The molecule has 0 amide bonds. The summed E-state index contributed by atoms with van der Waals surface area (Å²) < 4.78 is 16.8. The lowest BCUT2D eigenvalue weighted by atomic mass is 10.1. The quantitative estimate of drug-likeness (QED) is 0.0199. The third-order valence-corrected chi connectivity index (χ3v) is 10.7. The van der Waals surface area contributed by atoms with Crippen LogP contribution < -0.4 is 0 Å². The average Bonchev–Trinajstić information content (AvgIpc) is 3.27. The molecule has 0 aromatic carbocycles. The SMILES string of the molecule is CC\C=C/C=C\C=C/CCCCCCCCCC(=O)OC(COC(=O)CCCCCCC/C=C\C/C=C\CC)COC(=O)CCCCCCCCC/C=C\C/C=C\CCCCC. The third kappa shape index (κ3) is 47.6. The van der Waals surface area contributed by atoms with E-state index in [9.17, 15) is 14.4 Å². The van der Waals surface area contributed by atoms with E-state index >= 15 is 0 Å². The van der Waals surface area contributed by atoms with E-state index in [0.717, 1.165) is 116 Å². The van der Waals surface area contributed by atoms with Gasteiger partial charge in [0.25, 0.3) is 0 Å². The summed E-state index contributed by atoms with van der Waals surface area (Å²) in [6.07, 6.45) is 64.2. The van der Waals surface area contributed by atoms with Crippen molar-refractivity contribution in [3.8, 4) is 0 Å². The van der Waals surface area contributed by atoms with Gasteiger partial charge in [0, 0.05) is 19.3 Å². The largest absolute Gasteiger partial charge is 0.462 e. The van der Waals surface area contributed by atoms with E-state index in [-0.39, 0.29) is 31.1 Å². The number of carbonyl (C=O) groups is 3. The first-order valence-electron chi connectivity index (χ1n) is 25.6. The van der Waals surface area contributed by atoms with Gasteiger partial charge in [0.15, 0.2) is 6.10 Å². The van der Waals surface area contributed by atoms with Gasteiger partial charge in [-0.25, -0.2) is 0 Å². The predicted octanol–water partition coefficient (Wildman–Crippen LogP) is 16.8. The van der Waals surface area contributed by atoms with Gasteiger partial charge in [-0.15, -0.1) is 0 Å². The summed E-state index contributed by atoms with van der Waals surface area (Å²) in [7, 11) is 0. The van der Waals surface area contributed by atoms with Crippen LogP contribution in [0.1, 0.15) is 233 Å². The normalized spacial score (nSPS) is 12.8. The van der Waals surface area contributed by atoms with Crippen molar-refractivity contribution in [2.45, 2.75) is 239 Å². The molecule has 1 atom stereocenters. The maximum atomic E-state index is 12.8. The zero-order valence-electron chi connectivity index (χ0n) is 40.4. The molecule has 0 rings (SSSR count). The second-order valence-electron chi connectivity index (χ2n) is 16.7. The summed E-state index contributed by atoms with van der Waals surface area (Å²) in [5.41, 5.74) is 0. The number of carbonyl (C=O) groups excluding carboxylic acids is 3. The van der Waals surface area contributed by atoms with Crippen LogP contribution in [0.4, 0.5) is 0 Å². The van der Waals surface area contributed by atoms with Crippen molar-refractivity contribution in [3.05, 3.63) is 85.1 Å². The topological polar surface area (TPSA) is 78.9 Å². The fraction of sp³-hybridized carbons (Fsp3) is 0.696. The monoisotopic (exact) mass is 863 g/mol. The highest BCUT2D eigenvalue weighted by Crippen LogP contribution is 2.14. The van der Waals surface area contributed by atoms with Gasteiger partial charge in [0.1, 0.15) is 13.2 Å². The molecule has 1 unspecified atom stereocenters. The molecule has 0 aliphatic rings. The Kier molecular flexibility index (Phi) is 47.5. The van der Waals surface area contributed by atoms with Crippen molar-refractivity contribution in [2.24, 2.45) is 0 Å². The minimum absolute atomic E-state index is 0.0910. The molecule has 0 saturated heterocycles. The second-order valence-corrected chi connectivity index (χ2v) is 16.7. The number of rotatable bonds is 45. The second kappa shape index (κ2) is 50.2. The van der Waals surface area contributed by atoms with Gasteiger partial charge in [0.2, 0.25) is 0 Å². The van der Waals surface area contributed by atoms with E-state index < -0.39 is 6.10 Å². The Balaban J connectivity index is 4.42. The first-order valence-corrected chi connectivity index (χ1v) is 25.6. The van der Waals surface area contributed by atoms with Crippen LogP contribution in [-0.2, 0) is 28.6 Å². The van der Waals surface area contributed by atoms with Crippen molar-refractivity contribution in [1.29, 1.82) is 0 Å². The van der Waals surface area contributed by atoms with E-state index in [1.165, 1.54) is 77.0 Å².